The number of methoxy groups -OCH3 is 1. The third-order valence-corrected chi connectivity index (χ3v) is 8.21. The fourth-order valence-electron chi connectivity index (χ4n) is 5.36. The highest BCUT2D eigenvalue weighted by atomic mass is 32.2. The first-order valence-corrected chi connectivity index (χ1v) is 13.4. The Bertz CT molecular complexity index is 1300. The summed E-state index contributed by atoms with van der Waals surface area (Å²) in [5.74, 6) is 0.0695. The molecule has 0 spiro atoms. The van der Waals surface area contributed by atoms with Crippen molar-refractivity contribution in [3.63, 3.8) is 0 Å². The molecule has 0 aliphatic carbocycles. The van der Waals surface area contributed by atoms with E-state index in [1.165, 1.54) is 5.56 Å². The summed E-state index contributed by atoms with van der Waals surface area (Å²) >= 11 is 0.844. The van der Waals surface area contributed by atoms with Gasteiger partial charge in [-0.25, -0.2) is 0 Å². The van der Waals surface area contributed by atoms with E-state index in [4.69, 9.17) is 4.74 Å². The molecule has 1 unspecified atom stereocenters. The van der Waals surface area contributed by atoms with Gasteiger partial charge in [-0.1, -0.05) is 13.0 Å². The molecule has 0 bridgehead atoms. The lowest BCUT2D eigenvalue weighted by Gasteiger charge is -2.47. The van der Waals surface area contributed by atoms with Crippen LogP contribution in [0.25, 0.3) is 6.08 Å². The van der Waals surface area contributed by atoms with E-state index in [2.05, 4.69) is 44.0 Å². The minimum absolute atomic E-state index is 0.0220. The average Bonchev–Trinajstić information content (AvgIpc) is 3.08. The molecule has 2 aliphatic rings. The predicted octanol–water partition coefficient (Wildman–Crippen LogP) is 6.10. The van der Waals surface area contributed by atoms with E-state index in [0.29, 0.717) is 17.4 Å². The van der Waals surface area contributed by atoms with Crippen molar-refractivity contribution >= 4 is 46.3 Å². The lowest BCUT2D eigenvalue weighted by atomic mass is 9.79. The standard InChI is InChI=1S/C29H35N3O4S/c1-8-32-23-14-24(36-7)20(12-22(23)19(4)15-29(32,5)6)13-25-27(34)31(28(35)37-25)16-26(33)30-21-10-9-17(2)18(3)11-21/h9-14,19H,8,15-16H2,1-7H3,(H,30,33)/b25-13+. The SMILES string of the molecule is CCN1c2cc(OC)c(/C=C3/SC(=O)N(CC(=O)Nc4ccc(C)c(C)c4)C3=O)cc2C(C)CC1(C)C. The second-order valence-electron chi connectivity index (χ2n) is 10.4. The van der Waals surface area contributed by atoms with Gasteiger partial charge in [0.2, 0.25) is 5.91 Å². The zero-order valence-electron chi connectivity index (χ0n) is 22.6. The van der Waals surface area contributed by atoms with Gasteiger partial charge in [-0.05, 0) is 99.7 Å². The fraction of sp³-hybridized carbons (Fsp3) is 0.414. The molecule has 1 fully saturated rings. The number of carbonyl (C=O) groups excluding carboxylic acids is 3. The molecule has 1 atom stereocenters. The summed E-state index contributed by atoms with van der Waals surface area (Å²) in [6, 6.07) is 9.69. The molecular weight excluding hydrogens is 486 g/mol. The van der Waals surface area contributed by atoms with Gasteiger partial charge in [0.25, 0.3) is 11.1 Å². The summed E-state index contributed by atoms with van der Waals surface area (Å²) in [7, 11) is 1.61. The van der Waals surface area contributed by atoms with Crippen molar-refractivity contribution in [3.05, 3.63) is 57.5 Å². The molecule has 2 aromatic rings. The van der Waals surface area contributed by atoms with Crippen molar-refractivity contribution in [2.75, 3.05) is 30.4 Å². The maximum Gasteiger partial charge on any atom is 0.294 e. The maximum atomic E-state index is 13.1. The van der Waals surface area contributed by atoms with Gasteiger partial charge in [0.1, 0.15) is 12.3 Å². The summed E-state index contributed by atoms with van der Waals surface area (Å²) in [5, 5.41) is 2.32. The molecule has 0 aromatic heterocycles. The molecule has 37 heavy (non-hydrogen) atoms. The Morgan fingerprint density at radius 1 is 1.19 bits per heavy atom. The van der Waals surface area contributed by atoms with E-state index >= 15 is 0 Å². The molecule has 0 radical (unpaired) electrons. The number of anilines is 2. The fourth-order valence-corrected chi connectivity index (χ4v) is 6.19. The number of carbonyl (C=O) groups is 3. The summed E-state index contributed by atoms with van der Waals surface area (Å²) in [6.07, 6.45) is 2.71. The van der Waals surface area contributed by atoms with E-state index < -0.39 is 17.1 Å². The molecule has 7 nitrogen and oxygen atoms in total. The third-order valence-electron chi connectivity index (χ3n) is 7.31. The molecule has 1 saturated heterocycles. The van der Waals surface area contributed by atoms with Crippen molar-refractivity contribution in [1.29, 1.82) is 0 Å². The first-order valence-electron chi connectivity index (χ1n) is 12.6. The summed E-state index contributed by atoms with van der Waals surface area (Å²) < 4.78 is 5.70. The normalized spacial score (nSPS) is 19.9. The van der Waals surface area contributed by atoms with E-state index in [0.717, 1.165) is 52.0 Å². The Morgan fingerprint density at radius 2 is 1.92 bits per heavy atom. The number of benzene rings is 2. The number of thioether (sulfide) groups is 1. The van der Waals surface area contributed by atoms with Gasteiger partial charge < -0.3 is 15.0 Å². The van der Waals surface area contributed by atoms with Crippen LogP contribution in [0, 0.1) is 13.8 Å². The third kappa shape index (κ3) is 5.25. The monoisotopic (exact) mass is 521 g/mol. The lowest BCUT2D eigenvalue weighted by Crippen LogP contribution is -2.48. The zero-order chi connectivity index (χ0) is 27.1. The minimum Gasteiger partial charge on any atom is -0.496 e. The number of nitrogens with zero attached hydrogens (tertiary/aromatic N) is 2. The highest BCUT2D eigenvalue weighted by molar-refractivity contribution is 8.18. The van der Waals surface area contributed by atoms with Crippen molar-refractivity contribution in [2.45, 2.75) is 59.4 Å². The van der Waals surface area contributed by atoms with Crippen LogP contribution in [0.4, 0.5) is 16.2 Å². The van der Waals surface area contributed by atoms with Crippen LogP contribution in [-0.2, 0) is 9.59 Å². The average molecular weight is 522 g/mol. The highest BCUT2D eigenvalue weighted by Gasteiger charge is 2.38. The van der Waals surface area contributed by atoms with Crippen LogP contribution < -0.4 is 15.0 Å². The molecule has 2 heterocycles. The second kappa shape index (κ2) is 10.2. The molecule has 0 saturated carbocycles. The van der Waals surface area contributed by atoms with Crippen LogP contribution in [-0.4, -0.2) is 47.7 Å². The molecule has 8 heteroatoms. The Labute approximate surface area is 223 Å². The van der Waals surface area contributed by atoms with Crippen LogP contribution >= 0.6 is 11.8 Å². The van der Waals surface area contributed by atoms with Gasteiger partial charge in [0.15, 0.2) is 0 Å². The van der Waals surface area contributed by atoms with Gasteiger partial charge in [0, 0.05) is 35.1 Å². The largest absolute Gasteiger partial charge is 0.496 e. The van der Waals surface area contributed by atoms with Gasteiger partial charge in [0.05, 0.1) is 12.0 Å². The van der Waals surface area contributed by atoms with Gasteiger partial charge in [-0.3, -0.25) is 19.3 Å². The van der Waals surface area contributed by atoms with Crippen LogP contribution in [0.15, 0.2) is 35.2 Å². The predicted molar refractivity (Wildman–Crippen MR) is 150 cm³/mol. The number of hydrogen-bond donors (Lipinski definition) is 1. The van der Waals surface area contributed by atoms with E-state index in [1.807, 2.05) is 32.0 Å². The molecule has 196 valence electrons. The summed E-state index contributed by atoms with van der Waals surface area (Å²) in [6.45, 7) is 13.4. The Hall–Kier alpha value is -3.26. The number of nitrogens with one attached hydrogen (secondary N) is 1. The number of hydrogen-bond acceptors (Lipinski definition) is 6. The van der Waals surface area contributed by atoms with Crippen LogP contribution in [0.1, 0.15) is 62.3 Å². The smallest absolute Gasteiger partial charge is 0.294 e. The zero-order valence-corrected chi connectivity index (χ0v) is 23.4. The number of rotatable bonds is 6. The van der Waals surface area contributed by atoms with Crippen molar-refractivity contribution in [2.24, 2.45) is 0 Å². The van der Waals surface area contributed by atoms with E-state index in [1.54, 1.807) is 19.3 Å². The minimum atomic E-state index is -0.477. The second-order valence-corrected chi connectivity index (χ2v) is 11.4. The molecular formula is C29H35N3O4S. The van der Waals surface area contributed by atoms with Crippen LogP contribution in [0.5, 0.6) is 5.75 Å². The van der Waals surface area contributed by atoms with Crippen molar-refractivity contribution in [3.8, 4) is 5.75 Å². The molecule has 1 N–H and O–H groups in total. The van der Waals surface area contributed by atoms with E-state index in [-0.39, 0.29) is 17.0 Å². The molecule has 2 aliphatic heterocycles. The Kier molecular flexibility index (Phi) is 7.42. The Morgan fingerprint density at radius 3 is 2.57 bits per heavy atom. The first kappa shape index (κ1) is 26.8. The number of imide groups is 1. The quantitative estimate of drug-likeness (QED) is 0.463. The van der Waals surface area contributed by atoms with Gasteiger partial charge >= 0.3 is 0 Å². The van der Waals surface area contributed by atoms with Crippen molar-refractivity contribution in [1.82, 2.24) is 4.90 Å². The maximum absolute atomic E-state index is 13.1. The molecule has 2 aromatic carbocycles. The topological polar surface area (TPSA) is 79.0 Å². The Balaban J connectivity index is 1.58. The van der Waals surface area contributed by atoms with Crippen LogP contribution in [0.3, 0.4) is 0 Å². The highest BCUT2D eigenvalue weighted by Crippen LogP contribution is 2.46. The number of fused-ring (bicyclic) bond motifs is 1. The summed E-state index contributed by atoms with van der Waals surface area (Å²) in [4.78, 5) is 42.1. The number of ether oxygens (including phenoxy) is 1. The first-order chi connectivity index (χ1) is 17.4. The summed E-state index contributed by atoms with van der Waals surface area (Å²) in [5.41, 5.74) is 5.89. The number of aryl methyl sites for hydroxylation is 2. The molecule has 3 amide bonds. The number of amides is 3. The molecule has 4 rings (SSSR count). The van der Waals surface area contributed by atoms with Gasteiger partial charge in [-0.2, -0.15) is 0 Å². The lowest BCUT2D eigenvalue weighted by molar-refractivity contribution is -0.127. The van der Waals surface area contributed by atoms with E-state index in [9.17, 15) is 14.4 Å². The van der Waals surface area contributed by atoms with Crippen molar-refractivity contribution < 1.29 is 19.1 Å². The van der Waals surface area contributed by atoms with Crippen LogP contribution in [0.2, 0.25) is 0 Å². The van der Waals surface area contributed by atoms with Gasteiger partial charge in [-0.15, -0.1) is 0 Å².